The molecule has 0 aliphatic carbocycles. The summed E-state index contributed by atoms with van der Waals surface area (Å²) in [5.41, 5.74) is 0.710. The quantitative estimate of drug-likeness (QED) is 0.460. The molecule has 150 valence electrons. The first-order chi connectivity index (χ1) is 12.8. The van der Waals surface area contributed by atoms with Crippen LogP contribution in [-0.4, -0.2) is 19.1 Å². The molecular weight excluding hydrogens is 404 g/mol. The van der Waals surface area contributed by atoms with Crippen molar-refractivity contribution in [3.8, 4) is 0 Å². The number of unbranched alkanes of at least 4 members (excludes halogenated alkanes) is 9. The fourth-order valence-corrected chi connectivity index (χ4v) is 3.14. The van der Waals surface area contributed by atoms with E-state index in [4.69, 9.17) is 10.8 Å². The van der Waals surface area contributed by atoms with Crippen molar-refractivity contribution in [2.75, 3.05) is 0 Å². The van der Waals surface area contributed by atoms with Crippen LogP contribution in [0.2, 0.25) is 0 Å². The molecule has 0 amide bonds. The maximum atomic E-state index is 7.71. The summed E-state index contributed by atoms with van der Waals surface area (Å²) in [7, 11) is 0. The Labute approximate surface area is 172 Å². The fraction of sp³-hybridized carbons (Fsp3) is 0.600. The zero-order valence-electron chi connectivity index (χ0n) is 16.1. The second-order valence-electron chi connectivity index (χ2n) is 6.81. The highest BCUT2D eigenvalue weighted by molar-refractivity contribution is 8.93. The van der Waals surface area contributed by atoms with Gasteiger partial charge in [-0.3, -0.25) is 10.8 Å². The van der Waals surface area contributed by atoms with Gasteiger partial charge in [-0.1, -0.05) is 51.4 Å². The minimum absolute atomic E-state index is 0. The summed E-state index contributed by atoms with van der Waals surface area (Å²) in [6.45, 7) is 1.81. The monoisotopic (exact) mass is 436 g/mol. The lowest BCUT2D eigenvalue weighted by atomic mass is 10.1. The predicted molar refractivity (Wildman–Crippen MR) is 113 cm³/mol. The number of nitrogens with zero attached hydrogens (tertiary/aromatic N) is 4. The maximum Gasteiger partial charge on any atom is 0.221 e. The van der Waals surface area contributed by atoms with E-state index in [1.165, 1.54) is 51.4 Å². The minimum Gasteiger partial charge on any atom is -0.318 e. The molecule has 0 radical (unpaired) electrons. The lowest BCUT2D eigenvalue weighted by Crippen LogP contribution is -2.21. The Morgan fingerprint density at radius 3 is 1.26 bits per heavy atom. The Kier molecular flexibility index (Phi) is 12.3. The normalized spacial score (nSPS) is 10.5. The van der Waals surface area contributed by atoms with Gasteiger partial charge >= 0.3 is 0 Å². The molecule has 0 unspecified atom stereocenters. The number of hydrogen-bond donors (Lipinski definition) is 2. The Hall–Kier alpha value is -1.76. The van der Waals surface area contributed by atoms with Crippen LogP contribution in [0.5, 0.6) is 0 Å². The van der Waals surface area contributed by atoms with E-state index >= 15 is 0 Å². The number of nitrogens with one attached hydrogen (secondary N) is 2. The van der Waals surface area contributed by atoms with Gasteiger partial charge in [0, 0.05) is 37.9 Å². The molecule has 0 spiro atoms. The van der Waals surface area contributed by atoms with Gasteiger partial charge in [-0.25, -0.2) is 9.97 Å². The van der Waals surface area contributed by atoms with Gasteiger partial charge in [-0.15, -0.1) is 17.0 Å². The number of hydrogen-bond acceptors (Lipinski definition) is 4. The molecule has 2 rings (SSSR count). The van der Waals surface area contributed by atoms with Crippen molar-refractivity contribution >= 4 is 17.0 Å². The third-order valence-corrected chi connectivity index (χ3v) is 4.69. The maximum absolute atomic E-state index is 7.71. The topological polar surface area (TPSA) is 83.3 Å². The van der Waals surface area contributed by atoms with E-state index in [2.05, 4.69) is 9.97 Å². The highest BCUT2D eigenvalue weighted by Gasteiger charge is 1.96. The zero-order chi connectivity index (χ0) is 18.5. The molecule has 2 aromatic heterocycles. The van der Waals surface area contributed by atoms with E-state index < -0.39 is 0 Å². The fourth-order valence-electron chi connectivity index (χ4n) is 3.14. The summed E-state index contributed by atoms with van der Waals surface area (Å²) in [5, 5.41) is 15.4. The lowest BCUT2D eigenvalue weighted by Gasteiger charge is -2.06. The molecule has 0 bridgehead atoms. The molecule has 2 N–H and O–H groups in total. The molecule has 2 heterocycles. The SMILES string of the molecule is Br.N=c1ncccn1CCCCCCCCCCCCn1cccnc1=N. The van der Waals surface area contributed by atoms with E-state index in [1.807, 2.05) is 33.7 Å². The van der Waals surface area contributed by atoms with Crippen LogP contribution in [-0.2, 0) is 13.1 Å². The highest BCUT2D eigenvalue weighted by Crippen LogP contribution is 2.11. The second-order valence-corrected chi connectivity index (χ2v) is 6.81. The predicted octanol–water partition coefficient (Wildman–Crippen LogP) is 4.22. The van der Waals surface area contributed by atoms with Crippen molar-refractivity contribution in [2.45, 2.75) is 77.3 Å². The van der Waals surface area contributed by atoms with Crippen molar-refractivity contribution in [3.05, 3.63) is 48.2 Å². The lowest BCUT2D eigenvalue weighted by molar-refractivity contribution is 0.509. The minimum atomic E-state index is 0. The summed E-state index contributed by atoms with van der Waals surface area (Å²) in [6.07, 6.45) is 19.8. The first-order valence-electron chi connectivity index (χ1n) is 9.89. The number of rotatable bonds is 13. The molecular formula is C20H33BrN6. The number of aryl methyl sites for hydroxylation is 2. The summed E-state index contributed by atoms with van der Waals surface area (Å²) in [5.74, 6) is 0. The molecule has 0 aliphatic rings. The van der Waals surface area contributed by atoms with Crippen LogP contribution in [0.4, 0.5) is 0 Å². The average molecular weight is 437 g/mol. The van der Waals surface area contributed by atoms with Gasteiger partial charge in [0.2, 0.25) is 11.2 Å². The van der Waals surface area contributed by atoms with Crippen LogP contribution >= 0.6 is 17.0 Å². The van der Waals surface area contributed by atoms with E-state index in [0.717, 1.165) is 25.9 Å². The van der Waals surface area contributed by atoms with Crippen molar-refractivity contribution in [3.63, 3.8) is 0 Å². The van der Waals surface area contributed by atoms with Crippen molar-refractivity contribution in [1.29, 1.82) is 10.8 Å². The molecule has 0 saturated heterocycles. The second kappa shape index (κ2) is 14.3. The van der Waals surface area contributed by atoms with Gasteiger partial charge in [0.15, 0.2) is 0 Å². The zero-order valence-corrected chi connectivity index (χ0v) is 17.9. The van der Waals surface area contributed by atoms with Crippen LogP contribution in [0.1, 0.15) is 64.2 Å². The highest BCUT2D eigenvalue weighted by atomic mass is 79.9. The summed E-state index contributed by atoms with van der Waals surface area (Å²) >= 11 is 0. The van der Waals surface area contributed by atoms with Gasteiger partial charge in [-0.05, 0) is 25.0 Å². The Balaban J connectivity index is 0.00000364. The van der Waals surface area contributed by atoms with E-state index in [-0.39, 0.29) is 17.0 Å². The van der Waals surface area contributed by atoms with Crippen molar-refractivity contribution < 1.29 is 0 Å². The largest absolute Gasteiger partial charge is 0.318 e. The molecule has 2 aromatic rings. The smallest absolute Gasteiger partial charge is 0.221 e. The number of halogens is 1. The van der Waals surface area contributed by atoms with Crippen molar-refractivity contribution in [1.82, 2.24) is 19.1 Å². The summed E-state index contributed by atoms with van der Waals surface area (Å²) < 4.78 is 3.82. The van der Waals surface area contributed by atoms with E-state index in [1.54, 1.807) is 12.4 Å². The molecule has 0 aliphatic heterocycles. The van der Waals surface area contributed by atoms with E-state index in [0.29, 0.717) is 11.2 Å². The summed E-state index contributed by atoms with van der Waals surface area (Å²) in [4.78, 5) is 7.97. The van der Waals surface area contributed by atoms with Crippen molar-refractivity contribution in [2.24, 2.45) is 0 Å². The molecule has 0 aromatic carbocycles. The Morgan fingerprint density at radius 1 is 0.593 bits per heavy atom. The standard InChI is InChI=1S/C20H32N6.BrH/c21-19-23-13-11-17-25(19)15-9-7-5-3-1-2-4-6-8-10-16-26-18-12-14-24-20(26)22;/h11-14,17-18,21-22H,1-10,15-16H2;1H. The third-order valence-electron chi connectivity index (χ3n) is 4.69. The van der Waals surface area contributed by atoms with E-state index in [9.17, 15) is 0 Å². The molecule has 27 heavy (non-hydrogen) atoms. The molecule has 6 nitrogen and oxygen atoms in total. The first kappa shape index (κ1) is 23.3. The van der Waals surface area contributed by atoms with Crippen LogP contribution in [0, 0.1) is 10.8 Å². The molecule has 7 heteroatoms. The van der Waals surface area contributed by atoms with Gasteiger partial charge < -0.3 is 9.13 Å². The third kappa shape index (κ3) is 9.65. The molecule has 0 atom stereocenters. The first-order valence-corrected chi connectivity index (χ1v) is 9.89. The van der Waals surface area contributed by atoms with Gasteiger partial charge in [0.1, 0.15) is 0 Å². The van der Waals surface area contributed by atoms with Crippen LogP contribution in [0.15, 0.2) is 36.9 Å². The molecule has 0 fully saturated rings. The van der Waals surface area contributed by atoms with Crippen LogP contribution in [0.25, 0.3) is 0 Å². The number of aromatic nitrogens is 4. The average Bonchev–Trinajstić information content (AvgIpc) is 2.65. The Bertz CT molecular complexity index is 676. The van der Waals surface area contributed by atoms with Crippen LogP contribution < -0.4 is 11.2 Å². The van der Waals surface area contributed by atoms with Gasteiger partial charge in [0.05, 0.1) is 0 Å². The van der Waals surface area contributed by atoms with Crippen LogP contribution in [0.3, 0.4) is 0 Å². The van der Waals surface area contributed by atoms with Gasteiger partial charge in [-0.2, -0.15) is 0 Å². The Morgan fingerprint density at radius 2 is 0.926 bits per heavy atom. The van der Waals surface area contributed by atoms with Gasteiger partial charge in [0.25, 0.3) is 0 Å². The molecule has 0 saturated carbocycles. The summed E-state index contributed by atoms with van der Waals surface area (Å²) in [6, 6.07) is 3.78.